The molecule has 1 aromatic heterocycles. The molecular formula is C24H29F3N6O. The summed E-state index contributed by atoms with van der Waals surface area (Å²) in [6, 6.07) is 7.49. The number of nitrogens with one attached hydrogen (secondary N) is 1. The lowest BCUT2D eigenvalue weighted by Gasteiger charge is -2.37. The van der Waals surface area contributed by atoms with Gasteiger partial charge in [0.25, 0.3) is 0 Å². The third-order valence-electron chi connectivity index (χ3n) is 5.27. The first-order valence-corrected chi connectivity index (χ1v) is 10.7. The summed E-state index contributed by atoms with van der Waals surface area (Å²) in [6.07, 6.45) is 2.41. The Labute approximate surface area is 197 Å². The fourth-order valence-electron chi connectivity index (χ4n) is 3.52. The number of alkyl halides is 3. The predicted molar refractivity (Wildman–Crippen MR) is 130 cm³/mol. The average Bonchev–Trinajstić information content (AvgIpc) is 2.83. The molecule has 2 aromatic rings. The van der Waals surface area contributed by atoms with E-state index in [1.165, 1.54) is 12.1 Å². The van der Waals surface area contributed by atoms with E-state index in [4.69, 9.17) is 4.74 Å². The molecule has 0 amide bonds. The fourth-order valence-corrected chi connectivity index (χ4v) is 3.52. The highest BCUT2D eigenvalue weighted by atomic mass is 19.4. The highest BCUT2D eigenvalue weighted by Gasteiger charge is 2.35. The van der Waals surface area contributed by atoms with Gasteiger partial charge in [-0.3, -0.25) is 0 Å². The van der Waals surface area contributed by atoms with Crippen molar-refractivity contribution >= 4 is 23.3 Å². The van der Waals surface area contributed by atoms with Crippen LogP contribution < -0.4 is 20.0 Å². The molecule has 0 spiro atoms. The number of benzene rings is 1. The highest BCUT2D eigenvalue weighted by molar-refractivity contribution is 5.58. The second-order valence-electron chi connectivity index (χ2n) is 7.78. The molecule has 0 saturated carbocycles. The largest absolute Gasteiger partial charge is 0.497 e. The van der Waals surface area contributed by atoms with E-state index < -0.39 is 11.7 Å². The van der Waals surface area contributed by atoms with Gasteiger partial charge in [-0.1, -0.05) is 24.8 Å². The summed E-state index contributed by atoms with van der Waals surface area (Å²) in [7, 11) is 5.33. The van der Waals surface area contributed by atoms with Gasteiger partial charge in [0, 0.05) is 58.2 Å². The summed E-state index contributed by atoms with van der Waals surface area (Å²) in [6.45, 7) is 5.49. The average molecular weight is 475 g/mol. The minimum absolute atomic E-state index is 0.201. The predicted octanol–water partition coefficient (Wildman–Crippen LogP) is 4.53. The van der Waals surface area contributed by atoms with Gasteiger partial charge < -0.3 is 24.8 Å². The van der Waals surface area contributed by atoms with Crippen LogP contribution in [0.2, 0.25) is 0 Å². The van der Waals surface area contributed by atoms with Crippen molar-refractivity contribution in [1.82, 2.24) is 9.97 Å². The van der Waals surface area contributed by atoms with Gasteiger partial charge in [-0.05, 0) is 24.3 Å². The van der Waals surface area contributed by atoms with Gasteiger partial charge in [-0.25, -0.2) is 0 Å². The molecule has 1 aliphatic heterocycles. The number of aromatic nitrogens is 2. The van der Waals surface area contributed by atoms with Crippen molar-refractivity contribution in [2.24, 2.45) is 0 Å². The summed E-state index contributed by atoms with van der Waals surface area (Å²) >= 11 is 0. The quantitative estimate of drug-likeness (QED) is 0.446. The molecule has 0 unspecified atom stereocenters. The van der Waals surface area contributed by atoms with E-state index in [1.54, 1.807) is 42.5 Å². The van der Waals surface area contributed by atoms with Crippen LogP contribution in [0.15, 0.2) is 67.1 Å². The molecule has 0 radical (unpaired) electrons. The number of methoxy groups -OCH3 is 1. The SMILES string of the molecule is C=C/C=C(\C=C\Nc1cc(N(C)C)nc(N2CCN(c3ccccc3C(F)(F)F)CC2)n1)OC. The monoisotopic (exact) mass is 474 g/mol. The van der Waals surface area contributed by atoms with E-state index in [0.29, 0.717) is 49.5 Å². The Morgan fingerprint density at radius 3 is 2.41 bits per heavy atom. The summed E-state index contributed by atoms with van der Waals surface area (Å²) in [5.41, 5.74) is -0.417. The molecule has 1 aromatic carbocycles. The highest BCUT2D eigenvalue weighted by Crippen LogP contribution is 2.36. The maximum Gasteiger partial charge on any atom is 0.418 e. The van der Waals surface area contributed by atoms with Crippen LogP contribution in [0.4, 0.5) is 36.4 Å². The maximum atomic E-state index is 13.4. The first kappa shape index (κ1) is 24.9. The molecule has 0 atom stereocenters. The van der Waals surface area contributed by atoms with E-state index in [2.05, 4.69) is 21.9 Å². The van der Waals surface area contributed by atoms with Gasteiger partial charge in [0.2, 0.25) is 5.95 Å². The number of rotatable bonds is 8. The Balaban J connectivity index is 1.76. The first-order valence-electron chi connectivity index (χ1n) is 10.7. The van der Waals surface area contributed by atoms with Crippen LogP contribution in [0, 0.1) is 0 Å². The van der Waals surface area contributed by atoms with Crippen LogP contribution >= 0.6 is 0 Å². The molecule has 0 aliphatic carbocycles. The summed E-state index contributed by atoms with van der Waals surface area (Å²) in [5.74, 6) is 2.43. The van der Waals surface area contributed by atoms with Crippen molar-refractivity contribution in [1.29, 1.82) is 0 Å². The minimum Gasteiger partial charge on any atom is -0.497 e. The number of nitrogens with zero attached hydrogens (tertiary/aromatic N) is 5. The molecule has 182 valence electrons. The molecule has 2 heterocycles. The van der Waals surface area contributed by atoms with Crippen molar-refractivity contribution in [2.45, 2.75) is 6.18 Å². The molecule has 34 heavy (non-hydrogen) atoms. The first-order chi connectivity index (χ1) is 16.2. The van der Waals surface area contributed by atoms with Gasteiger partial charge in [-0.15, -0.1) is 0 Å². The van der Waals surface area contributed by atoms with Gasteiger partial charge in [-0.2, -0.15) is 23.1 Å². The normalized spacial score (nSPS) is 14.9. The molecule has 0 bridgehead atoms. The Hall–Kier alpha value is -3.69. The molecule has 1 aliphatic rings. The zero-order valence-corrected chi connectivity index (χ0v) is 19.5. The zero-order valence-electron chi connectivity index (χ0n) is 19.5. The molecule has 7 nitrogen and oxygen atoms in total. The fraction of sp³-hybridized carbons (Fsp3) is 0.333. The molecule has 1 N–H and O–H groups in total. The number of anilines is 4. The van der Waals surface area contributed by atoms with Gasteiger partial charge in [0.1, 0.15) is 17.4 Å². The van der Waals surface area contributed by atoms with Crippen LogP contribution in [0.3, 0.4) is 0 Å². The second-order valence-corrected chi connectivity index (χ2v) is 7.78. The van der Waals surface area contributed by atoms with Crippen molar-refractivity contribution in [2.75, 3.05) is 67.4 Å². The molecular weight excluding hydrogens is 445 g/mol. The molecule has 1 saturated heterocycles. The van der Waals surface area contributed by atoms with Crippen molar-refractivity contribution in [3.63, 3.8) is 0 Å². The number of halogens is 3. The minimum atomic E-state index is -4.39. The zero-order chi connectivity index (χ0) is 24.7. The number of piperazine rings is 1. The Morgan fingerprint density at radius 1 is 1.12 bits per heavy atom. The van der Waals surface area contributed by atoms with E-state index in [9.17, 15) is 13.2 Å². The number of allylic oxidation sites excluding steroid dienone is 3. The van der Waals surface area contributed by atoms with E-state index in [1.807, 2.05) is 30.0 Å². The van der Waals surface area contributed by atoms with E-state index in [-0.39, 0.29) is 5.69 Å². The van der Waals surface area contributed by atoms with Crippen molar-refractivity contribution in [3.8, 4) is 0 Å². The lowest BCUT2D eigenvalue weighted by molar-refractivity contribution is -0.137. The lowest BCUT2D eigenvalue weighted by Crippen LogP contribution is -2.47. The Bertz CT molecular complexity index is 1040. The van der Waals surface area contributed by atoms with E-state index in [0.717, 1.165) is 6.07 Å². The maximum absolute atomic E-state index is 13.4. The molecule has 3 rings (SSSR count). The van der Waals surface area contributed by atoms with E-state index >= 15 is 0 Å². The summed E-state index contributed by atoms with van der Waals surface area (Å²) in [5, 5.41) is 3.13. The molecule has 10 heteroatoms. The Kier molecular flexibility index (Phi) is 8.04. The van der Waals surface area contributed by atoms with Crippen LogP contribution in [-0.2, 0) is 10.9 Å². The second kappa shape index (κ2) is 11.0. The van der Waals surface area contributed by atoms with Gasteiger partial charge in [0.15, 0.2) is 0 Å². The standard InChI is InChI=1S/C24H29F3N6O/c1-5-8-18(34-4)11-12-28-21-17-22(31(2)3)30-23(29-21)33-15-13-32(14-16-33)20-10-7-6-9-19(20)24(25,26)27/h5-12,17H,1,13-16H2,2-4H3,(H,28,29,30)/b12-11+,18-8+. The summed E-state index contributed by atoms with van der Waals surface area (Å²) < 4.78 is 45.5. The van der Waals surface area contributed by atoms with Gasteiger partial charge >= 0.3 is 6.18 Å². The van der Waals surface area contributed by atoms with Gasteiger partial charge in [0.05, 0.1) is 12.7 Å². The number of hydrogen-bond donors (Lipinski definition) is 1. The molecule has 1 fully saturated rings. The number of para-hydroxylation sites is 1. The van der Waals surface area contributed by atoms with Crippen molar-refractivity contribution in [3.05, 3.63) is 72.7 Å². The number of ether oxygens (including phenoxy) is 1. The van der Waals surface area contributed by atoms with Crippen LogP contribution in [0.25, 0.3) is 0 Å². The van der Waals surface area contributed by atoms with Crippen LogP contribution in [0.1, 0.15) is 5.56 Å². The lowest BCUT2D eigenvalue weighted by atomic mass is 10.1. The number of hydrogen-bond acceptors (Lipinski definition) is 7. The van der Waals surface area contributed by atoms with Crippen LogP contribution in [0.5, 0.6) is 0 Å². The van der Waals surface area contributed by atoms with Crippen molar-refractivity contribution < 1.29 is 17.9 Å². The third kappa shape index (κ3) is 6.21. The van der Waals surface area contributed by atoms with Crippen LogP contribution in [-0.4, -0.2) is 57.4 Å². The smallest absolute Gasteiger partial charge is 0.418 e. The Morgan fingerprint density at radius 2 is 1.79 bits per heavy atom. The third-order valence-corrected chi connectivity index (χ3v) is 5.27. The summed E-state index contributed by atoms with van der Waals surface area (Å²) in [4.78, 5) is 14.8. The topological polar surface area (TPSA) is 56.8 Å².